The molecule has 0 unspecified atom stereocenters. The Morgan fingerprint density at radius 2 is 0.800 bits per heavy atom. The van der Waals surface area contributed by atoms with Crippen molar-refractivity contribution >= 4 is 25.3 Å². The molecule has 86 valence electrons. The topological polar surface area (TPSA) is 0 Å². The Bertz CT molecular complexity index is 114. The van der Waals surface area contributed by atoms with E-state index in [2.05, 4.69) is 0 Å². The van der Waals surface area contributed by atoms with E-state index < -0.39 is 0 Å². The molecule has 15 heavy (non-hydrogen) atoms. The van der Waals surface area contributed by atoms with Gasteiger partial charge in [-0.25, -0.2) is 0 Å². The smallest absolute Gasteiger partial charge is 0.789 e. The third-order valence-electron chi connectivity index (χ3n) is 3.10. The van der Waals surface area contributed by atoms with E-state index in [1.807, 2.05) is 0 Å². The molecule has 2 saturated carbocycles. The molecule has 0 amide bonds. The fourth-order valence-corrected chi connectivity index (χ4v) is 2.80. The van der Waals surface area contributed by atoms with Gasteiger partial charge in [-0.15, -0.1) is 0 Å². The van der Waals surface area contributed by atoms with E-state index in [0.29, 0.717) is 10.5 Å². The third kappa shape index (κ3) is 9.15. The average Bonchev–Trinajstić information content (AvgIpc) is 2.21. The molecular formula is C12H22S2Ti. The molecule has 0 heterocycles. The van der Waals surface area contributed by atoms with Gasteiger partial charge in [-0.2, -0.15) is 10.5 Å². The molecule has 2 aliphatic rings. The van der Waals surface area contributed by atoms with Crippen molar-refractivity contribution in [1.82, 2.24) is 0 Å². The van der Waals surface area contributed by atoms with Gasteiger partial charge < -0.3 is 25.3 Å². The van der Waals surface area contributed by atoms with Gasteiger partial charge in [-0.3, -0.25) is 0 Å². The number of hydrogen-bond donors (Lipinski definition) is 0. The van der Waals surface area contributed by atoms with E-state index in [0.717, 1.165) is 0 Å². The van der Waals surface area contributed by atoms with Crippen molar-refractivity contribution in [3.05, 3.63) is 0 Å². The first-order valence-electron chi connectivity index (χ1n) is 6.10. The van der Waals surface area contributed by atoms with Gasteiger partial charge in [0.1, 0.15) is 0 Å². The van der Waals surface area contributed by atoms with Gasteiger partial charge >= 0.3 is 21.7 Å². The number of hydrogen-bond acceptors (Lipinski definition) is 2. The van der Waals surface area contributed by atoms with E-state index in [1.54, 1.807) is 0 Å². The summed E-state index contributed by atoms with van der Waals surface area (Å²) in [6, 6.07) is 0. The van der Waals surface area contributed by atoms with E-state index in [1.165, 1.54) is 64.2 Å². The predicted octanol–water partition coefficient (Wildman–Crippen LogP) is 3.73. The molecule has 0 atom stereocenters. The zero-order valence-corrected chi connectivity index (χ0v) is 12.7. The summed E-state index contributed by atoms with van der Waals surface area (Å²) in [6.45, 7) is 0. The maximum absolute atomic E-state index is 5.09. The van der Waals surface area contributed by atoms with Crippen LogP contribution in [-0.2, 0) is 47.0 Å². The minimum absolute atomic E-state index is 0. The zero-order chi connectivity index (χ0) is 10.2. The van der Waals surface area contributed by atoms with Crippen molar-refractivity contribution < 1.29 is 21.7 Å². The van der Waals surface area contributed by atoms with Crippen LogP contribution in [-0.4, -0.2) is 10.5 Å². The second-order valence-electron chi connectivity index (χ2n) is 4.52. The second kappa shape index (κ2) is 10.6. The molecular weight excluding hydrogens is 256 g/mol. The maximum atomic E-state index is 5.09. The largest absolute Gasteiger partial charge is 2.00 e. The Morgan fingerprint density at radius 3 is 0.933 bits per heavy atom. The molecule has 0 aromatic carbocycles. The summed E-state index contributed by atoms with van der Waals surface area (Å²) in [6.07, 6.45) is 13.6. The van der Waals surface area contributed by atoms with Crippen LogP contribution in [0.2, 0.25) is 0 Å². The van der Waals surface area contributed by atoms with Crippen LogP contribution in [0.5, 0.6) is 0 Å². The first-order chi connectivity index (χ1) is 6.79. The van der Waals surface area contributed by atoms with Gasteiger partial charge in [-0.1, -0.05) is 64.2 Å². The van der Waals surface area contributed by atoms with E-state index >= 15 is 0 Å². The molecule has 3 heteroatoms. The first-order valence-corrected chi connectivity index (χ1v) is 7.05. The number of rotatable bonds is 0. The Labute approximate surface area is 121 Å². The summed E-state index contributed by atoms with van der Waals surface area (Å²) in [5.74, 6) is 0. The summed E-state index contributed by atoms with van der Waals surface area (Å²) in [7, 11) is 0. The van der Waals surface area contributed by atoms with Crippen molar-refractivity contribution in [3.8, 4) is 0 Å². The molecule has 0 aromatic heterocycles. The van der Waals surface area contributed by atoms with Gasteiger partial charge in [-0.05, 0) is 0 Å². The quantitative estimate of drug-likeness (QED) is 0.489. The molecule has 2 aliphatic carbocycles. The van der Waals surface area contributed by atoms with Gasteiger partial charge in [0.25, 0.3) is 0 Å². The van der Waals surface area contributed by atoms with E-state index in [4.69, 9.17) is 25.3 Å². The van der Waals surface area contributed by atoms with Crippen molar-refractivity contribution in [3.63, 3.8) is 0 Å². The molecule has 0 aliphatic heterocycles. The van der Waals surface area contributed by atoms with Crippen LogP contribution in [0.25, 0.3) is 0 Å². The van der Waals surface area contributed by atoms with Crippen molar-refractivity contribution in [2.45, 2.75) is 74.7 Å². The van der Waals surface area contributed by atoms with Crippen LogP contribution in [0.3, 0.4) is 0 Å². The van der Waals surface area contributed by atoms with E-state index in [9.17, 15) is 0 Å². The van der Waals surface area contributed by atoms with Crippen LogP contribution >= 0.6 is 0 Å². The molecule has 0 nitrogen and oxygen atoms in total. The fourth-order valence-electron chi connectivity index (χ4n) is 2.13. The molecule has 0 saturated heterocycles. The molecule has 0 aromatic rings. The summed E-state index contributed by atoms with van der Waals surface area (Å²) in [4.78, 5) is 0. The van der Waals surface area contributed by atoms with Crippen molar-refractivity contribution in [2.24, 2.45) is 0 Å². The van der Waals surface area contributed by atoms with Gasteiger partial charge in [0.15, 0.2) is 0 Å². The Balaban J connectivity index is 0.000000245. The monoisotopic (exact) mass is 278 g/mol. The normalized spacial score (nSPS) is 23.6. The van der Waals surface area contributed by atoms with Crippen LogP contribution < -0.4 is 0 Å². The Kier molecular flexibility index (Phi) is 11.6. The molecule has 0 bridgehead atoms. The molecule has 0 spiro atoms. The standard InChI is InChI=1S/2C6H12S.Ti/c2*7-6-4-2-1-3-5-6;/h2*6-7H,1-5H2;/q;;+2/p-2. The Hall–Kier alpha value is 1.41. The van der Waals surface area contributed by atoms with Gasteiger partial charge in [0.2, 0.25) is 0 Å². The predicted molar refractivity (Wildman–Crippen MR) is 68.5 cm³/mol. The van der Waals surface area contributed by atoms with Crippen LogP contribution in [0, 0.1) is 0 Å². The molecule has 2 rings (SSSR count). The van der Waals surface area contributed by atoms with Crippen LogP contribution in [0.1, 0.15) is 64.2 Å². The summed E-state index contributed by atoms with van der Waals surface area (Å²) in [5, 5.41) is 1.24. The fraction of sp³-hybridized carbons (Fsp3) is 1.00. The molecule has 0 radical (unpaired) electrons. The van der Waals surface area contributed by atoms with Crippen molar-refractivity contribution in [1.29, 1.82) is 0 Å². The van der Waals surface area contributed by atoms with Gasteiger partial charge in [0.05, 0.1) is 0 Å². The Morgan fingerprint density at radius 1 is 0.533 bits per heavy atom. The SMILES string of the molecule is [S-]C1CCCCC1.[S-]C1CCCCC1.[Ti+2]. The van der Waals surface area contributed by atoms with Crippen LogP contribution in [0.4, 0.5) is 0 Å². The van der Waals surface area contributed by atoms with Crippen LogP contribution in [0.15, 0.2) is 0 Å². The molecule has 0 N–H and O–H groups in total. The second-order valence-corrected chi connectivity index (χ2v) is 5.85. The average molecular weight is 278 g/mol. The van der Waals surface area contributed by atoms with Gasteiger partial charge in [0, 0.05) is 0 Å². The minimum Gasteiger partial charge on any atom is -0.789 e. The minimum atomic E-state index is 0. The molecule has 2 fully saturated rings. The summed E-state index contributed by atoms with van der Waals surface area (Å²) < 4.78 is 0. The maximum Gasteiger partial charge on any atom is 2.00 e. The van der Waals surface area contributed by atoms with E-state index in [-0.39, 0.29) is 21.7 Å². The third-order valence-corrected chi connectivity index (χ3v) is 4.05. The summed E-state index contributed by atoms with van der Waals surface area (Å²) in [5.41, 5.74) is 0. The summed E-state index contributed by atoms with van der Waals surface area (Å²) >= 11 is 10.2. The first kappa shape index (κ1) is 16.4. The zero-order valence-electron chi connectivity index (χ0n) is 9.54. The van der Waals surface area contributed by atoms with Crippen molar-refractivity contribution in [2.75, 3.05) is 0 Å².